The minimum absolute atomic E-state index is 0.0129. The second kappa shape index (κ2) is 7.29. The van der Waals surface area contributed by atoms with Gasteiger partial charge >= 0.3 is 5.97 Å². The SMILES string of the molecule is Cc1ccc([C@@]2(NC(=O)c3ccc(C(=O)O)n3C)CCOc3cccnc32)cc1F. The molecule has 1 atom stereocenters. The Morgan fingerprint density at radius 1 is 1.23 bits per heavy atom. The molecule has 1 aliphatic rings. The lowest BCUT2D eigenvalue weighted by molar-refractivity contribution is 0.0686. The number of hydrogen-bond donors (Lipinski definition) is 2. The molecule has 0 radical (unpaired) electrons. The minimum Gasteiger partial charge on any atom is -0.491 e. The number of nitrogens with one attached hydrogen (secondary N) is 1. The molecule has 1 amide bonds. The van der Waals surface area contributed by atoms with Crippen molar-refractivity contribution in [3.63, 3.8) is 0 Å². The Morgan fingerprint density at radius 2 is 2.00 bits per heavy atom. The van der Waals surface area contributed by atoms with Crippen LogP contribution in [0.5, 0.6) is 5.75 Å². The molecule has 2 N–H and O–H groups in total. The van der Waals surface area contributed by atoms with Crippen LogP contribution in [0.4, 0.5) is 4.39 Å². The summed E-state index contributed by atoms with van der Waals surface area (Å²) in [6.07, 6.45) is 1.92. The van der Waals surface area contributed by atoms with E-state index in [0.717, 1.165) is 0 Å². The van der Waals surface area contributed by atoms with Crippen molar-refractivity contribution in [1.82, 2.24) is 14.9 Å². The van der Waals surface area contributed by atoms with Crippen LogP contribution < -0.4 is 10.1 Å². The number of hydrogen-bond acceptors (Lipinski definition) is 4. The average Bonchev–Trinajstić information content (AvgIpc) is 3.12. The van der Waals surface area contributed by atoms with Gasteiger partial charge in [-0.25, -0.2) is 9.18 Å². The topological polar surface area (TPSA) is 93.5 Å². The third kappa shape index (κ3) is 3.10. The van der Waals surface area contributed by atoms with Crippen LogP contribution in [0.1, 0.15) is 44.2 Å². The quantitative estimate of drug-likeness (QED) is 0.691. The van der Waals surface area contributed by atoms with Crippen molar-refractivity contribution >= 4 is 11.9 Å². The van der Waals surface area contributed by atoms with Gasteiger partial charge in [0.05, 0.1) is 6.61 Å². The zero-order valence-corrected chi connectivity index (χ0v) is 16.5. The number of carboxylic acid groups (broad SMARTS) is 1. The Morgan fingerprint density at radius 3 is 2.70 bits per heavy atom. The highest BCUT2D eigenvalue weighted by Crippen LogP contribution is 2.41. The molecular weight excluding hydrogens is 389 g/mol. The number of carbonyl (C=O) groups excluding carboxylic acids is 1. The van der Waals surface area contributed by atoms with Crippen LogP contribution in [-0.4, -0.2) is 33.1 Å². The molecule has 2 aromatic heterocycles. The predicted octanol–water partition coefficient (Wildman–Crippen LogP) is 3.02. The highest BCUT2D eigenvalue weighted by molar-refractivity contribution is 5.96. The maximum atomic E-state index is 14.5. The second-order valence-corrected chi connectivity index (χ2v) is 7.24. The summed E-state index contributed by atoms with van der Waals surface area (Å²) >= 11 is 0. The van der Waals surface area contributed by atoms with Crippen molar-refractivity contribution < 1.29 is 23.8 Å². The smallest absolute Gasteiger partial charge is 0.352 e. The van der Waals surface area contributed by atoms with Crippen LogP contribution in [0.25, 0.3) is 0 Å². The zero-order valence-electron chi connectivity index (χ0n) is 16.5. The lowest BCUT2D eigenvalue weighted by Gasteiger charge is -2.39. The molecule has 0 saturated heterocycles. The fraction of sp³-hybridized carbons (Fsp3) is 0.227. The lowest BCUT2D eigenvalue weighted by atomic mass is 9.81. The summed E-state index contributed by atoms with van der Waals surface area (Å²) in [6, 6.07) is 11.1. The minimum atomic E-state index is -1.13. The first-order valence-electron chi connectivity index (χ1n) is 9.40. The number of fused-ring (bicyclic) bond motifs is 1. The summed E-state index contributed by atoms with van der Waals surface area (Å²) in [6.45, 7) is 1.96. The molecule has 1 aromatic carbocycles. The predicted molar refractivity (Wildman–Crippen MR) is 106 cm³/mol. The molecule has 30 heavy (non-hydrogen) atoms. The van der Waals surface area contributed by atoms with Crippen LogP contribution in [0, 0.1) is 12.7 Å². The van der Waals surface area contributed by atoms with E-state index in [-0.39, 0.29) is 11.4 Å². The van der Waals surface area contributed by atoms with Gasteiger partial charge < -0.3 is 19.7 Å². The number of carbonyl (C=O) groups is 2. The number of rotatable bonds is 4. The summed E-state index contributed by atoms with van der Waals surface area (Å²) in [4.78, 5) is 29.0. The molecule has 0 spiro atoms. The van der Waals surface area contributed by atoms with Crippen LogP contribution >= 0.6 is 0 Å². The average molecular weight is 409 g/mol. The first-order chi connectivity index (χ1) is 14.3. The van der Waals surface area contributed by atoms with Crippen molar-refractivity contribution in [2.45, 2.75) is 18.9 Å². The van der Waals surface area contributed by atoms with Gasteiger partial charge in [-0.1, -0.05) is 12.1 Å². The number of amides is 1. The van der Waals surface area contributed by atoms with E-state index in [4.69, 9.17) is 4.74 Å². The van der Waals surface area contributed by atoms with E-state index in [1.807, 2.05) is 0 Å². The van der Waals surface area contributed by atoms with E-state index in [9.17, 15) is 19.1 Å². The van der Waals surface area contributed by atoms with Gasteiger partial charge in [0.2, 0.25) is 0 Å². The number of benzene rings is 1. The molecule has 3 heterocycles. The Balaban J connectivity index is 1.84. The van der Waals surface area contributed by atoms with Crippen LogP contribution in [0.3, 0.4) is 0 Å². The van der Waals surface area contributed by atoms with Gasteiger partial charge in [-0.3, -0.25) is 9.78 Å². The van der Waals surface area contributed by atoms with E-state index in [2.05, 4.69) is 10.3 Å². The van der Waals surface area contributed by atoms with Crippen molar-refractivity contribution in [2.75, 3.05) is 6.61 Å². The van der Waals surface area contributed by atoms with E-state index < -0.39 is 23.2 Å². The van der Waals surface area contributed by atoms with Crippen molar-refractivity contribution in [3.05, 3.63) is 82.7 Å². The van der Waals surface area contributed by atoms with Crippen molar-refractivity contribution in [2.24, 2.45) is 7.05 Å². The summed E-state index contributed by atoms with van der Waals surface area (Å²) in [5.74, 6) is -1.52. The molecule has 3 aromatic rings. The lowest BCUT2D eigenvalue weighted by Crippen LogP contribution is -2.50. The normalized spacial score (nSPS) is 17.7. The Bertz CT molecular complexity index is 1160. The molecule has 1 aliphatic heterocycles. The molecule has 0 bridgehead atoms. The number of aryl methyl sites for hydroxylation is 1. The molecule has 154 valence electrons. The number of halogens is 1. The molecule has 4 rings (SSSR count). The number of aromatic carboxylic acids is 1. The molecule has 8 heteroatoms. The standard InChI is InChI=1S/C22H20FN3O4/c1-13-5-6-14(12-15(13)23)22(9-11-30-18-4-3-10-24-19(18)22)25-20(27)16-7-8-17(21(28)29)26(16)2/h3-8,10,12H,9,11H2,1-2H3,(H,25,27)(H,28,29)/t22-/m0/s1. The van der Waals surface area contributed by atoms with E-state index in [1.54, 1.807) is 37.4 Å². The Hall–Kier alpha value is -3.68. The fourth-order valence-corrected chi connectivity index (χ4v) is 3.81. The van der Waals surface area contributed by atoms with Crippen LogP contribution in [0.15, 0.2) is 48.7 Å². The van der Waals surface area contributed by atoms with Gasteiger partial charge in [0, 0.05) is 19.7 Å². The monoisotopic (exact) mass is 409 g/mol. The van der Waals surface area contributed by atoms with Gasteiger partial charge in [-0.2, -0.15) is 0 Å². The third-order valence-electron chi connectivity index (χ3n) is 5.47. The third-order valence-corrected chi connectivity index (χ3v) is 5.47. The van der Waals surface area contributed by atoms with Gasteiger partial charge in [0.1, 0.15) is 34.2 Å². The maximum Gasteiger partial charge on any atom is 0.352 e. The molecule has 0 fully saturated rings. The maximum absolute atomic E-state index is 14.5. The summed E-state index contributed by atoms with van der Waals surface area (Å²) < 4.78 is 21.5. The number of pyridine rings is 1. The molecule has 0 saturated carbocycles. The van der Waals surface area contributed by atoms with E-state index >= 15 is 0 Å². The number of ether oxygens (including phenoxy) is 1. The van der Waals surface area contributed by atoms with Gasteiger partial charge in [0.15, 0.2) is 0 Å². The largest absolute Gasteiger partial charge is 0.491 e. The first-order valence-corrected chi connectivity index (χ1v) is 9.40. The van der Waals surface area contributed by atoms with Gasteiger partial charge in [-0.15, -0.1) is 0 Å². The second-order valence-electron chi connectivity index (χ2n) is 7.24. The summed E-state index contributed by atoms with van der Waals surface area (Å²) in [7, 11) is 1.51. The van der Waals surface area contributed by atoms with Gasteiger partial charge in [-0.05, 0) is 48.4 Å². The van der Waals surface area contributed by atoms with Gasteiger partial charge in [0.25, 0.3) is 5.91 Å². The zero-order chi connectivity index (χ0) is 21.5. The van der Waals surface area contributed by atoms with Crippen molar-refractivity contribution in [3.8, 4) is 5.75 Å². The van der Waals surface area contributed by atoms with E-state index in [1.165, 1.54) is 29.8 Å². The molecular formula is C22H20FN3O4. The van der Waals surface area contributed by atoms with E-state index in [0.29, 0.717) is 35.6 Å². The first kappa shape index (κ1) is 19.6. The van der Waals surface area contributed by atoms with Crippen LogP contribution in [0.2, 0.25) is 0 Å². The molecule has 7 nitrogen and oxygen atoms in total. The highest BCUT2D eigenvalue weighted by atomic mass is 19.1. The summed E-state index contributed by atoms with van der Waals surface area (Å²) in [5.41, 5.74) is 0.524. The Kier molecular flexibility index (Phi) is 4.77. The Labute approximate surface area is 172 Å². The number of nitrogens with zero attached hydrogens (tertiary/aromatic N) is 2. The highest BCUT2D eigenvalue weighted by Gasteiger charge is 2.43. The number of aromatic nitrogens is 2. The number of carboxylic acids is 1. The summed E-state index contributed by atoms with van der Waals surface area (Å²) in [5, 5.41) is 12.3. The molecule has 0 aliphatic carbocycles. The fourth-order valence-electron chi connectivity index (χ4n) is 3.81. The van der Waals surface area contributed by atoms with Crippen LogP contribution in [-0.2, 0) is 12.6 Å². The van der Waals surface area contributed by atoms with Crippen molar-refractivity contribution in [1.29, 1.82) is 0 Å². The molecule has 0 unspecified atom stereocenters.